The minimum absolute atomic E-state index is 0.0124. The van der Waals surface area contributed by atoms with Crippen molar-refractivity contribution in [2.24, 2.45) is 11.7 Å². The molecule has 2 N–H and O–H groups in total. The molecule has 0 amide bonds. The molecule has 1 atom stereocenters. The summed E-state index contributed by atoms with van der Waals surface area (Å²) in [4.78, 5) is 2.45. The number of nitrogens with two attached hydrogens (primary N) is 1. The average Bonchev–Trinajstić information content (AvgIpc) is 2.36. The topological polar surface area (TPSA) is 38.5 Å². The Labute approximate surface area is 116 Å². The molecule has 1 aliphatic carbocycles. The Morgan fingerprint density at radius 1 is 1.42 bits per heavy atom. The minimum atomic E-state index is -0.0124. The van der Waals surface area contributed by atoms with E-state index in [1.165, 1.54) is 24.9 Å². The Morgan fingerprint density at radius 3 is 2.63 bits per heavy atom. The molecule has 0 bridgehead atoms. The number of methoxy groups -OCH3 is 1. The maximum atomic E-state index is 6.15. The molecule has 0 aliphatic heterocycles. The van der Waals surface area contributed by atoms with Crippen LogP contribution in [-0.4, -0.2) is 20.2 Å². The van der Waals surface area contributed by atoms with E-state index in [1.807, 2.05) is 13.0 Å². The monoisotopic (exact) mass is 262 g/mol. The van der Waals surface area contributed by atoms with Gasteiger partial charge in [0.2, 0.25) is 0 Å². The van der Waals surface area contributed by atoms with E-state index in [-0.39, 0.29) is 6.04 Å². The van der Waals surface area contributed by atoms with Crippen molar-refractivity contribution in [1.29, 1.82) is 0 Å². The number of rotatable bonds is 6. The normalized spacial score (nSPS) is 16.8. The van der Waals surface area contributed by atoms with E-state index in [0.717, 1.165) is 30.3 Å². The lowest BCUT2D eigenvalue weighted by atomic mass is 9.85. The number of anilines is 1. The smallest absolute Gasteiger partial charge is 0.125 e. The maximum Gasteiger partial charge on any atom is 0.125 e. The lowest BCUT2D eigenvalue weighted by Crippen LogP contribution is -2.33. The predicted molar refractivity (Wildman–Crippen MR) is 80.8 cm³/mol. The lowest BCUT2D eigenvalue weighted by Gasteiger charge is -2.35. The van der Waals surface area contributed by atoms with Crippen LogP contribution in [0.25, 0.3) is 0 Å². The first-order valence-corrected chi connectivity index (χ1v) is 7.34. The van der Waals surface area contributed by atoms with Crippen LogP contribution in [0.5, 0.6) is 5.75 Å². The summed E-state index contributed by atoms with van der Waals surface area (Å²) in [6, 6.07) is 6.22. The molecule has 0 radical (unpaired) electrons. The Bertz CT molecular complexity index is 413. The highest BCUT2D eigenvalue weighted by atomic mass is 16.5. The summed E-state index contributed by atoms with van der Waals surface area (Å²) in [7, 11) is 1.72. The molecule has 1 saturated carbocycles. The first-order chi connectivity index (χ1) is 9.17. The highest BCUT2D eigenvalue weighted by Crippen LogP contribution is 2.35. The molecule has 19 heavy (non-hydrogen) atoms. The Morgan fingerprint density at radius 2 is 2.16 bits per heavy atom. The summed E-state index contributed by atoms with van der Waals surface area (Å²) in [5.74, 6) is 1.76. The van der Waals surface area contributed by atoms with Gasteiger partial charge in [-0.05, 0) is 44.7 Å². The highest BCUT2D eigenvalue weighted by Gasteiger charge is 2.23. The molecule has 3 heteroatoms. The van der Waals surface area contributed by atoms with Gasteiger partial charge in [0.05, 0.1) is 7.11 Å². The van der Waals surface area contributed by atoms with E-state index in [9.17, 15) is 0 Å². The summed E-state index contributed by atoms with van der Waals surface area (Å²) in [6.07, 6.45) is 4.13. The average molecular weight is 262 g/mol. The van der Waals surface area contributed by atoms with Gasteiger partial charge in [-0.25, -0.2) is 0 Å². The quantitative estimate of drug-likeness (QED) is 0.854. The minimum Gasteiger partial charge on any atom is -0.496 e. The second-order valence-corrected chi connectivity index (χ2v) is 5.52. The standard InChI is InChI=1S/C16H26N2O/c1-4-18(11-13-7-5-8-13)14-9-6-10-15(19-3)16(14)12(2)17/h6,9-10,12-13H,4-5,7-8,11,17H2,1-3H3/t12-/m0/s1. The second kappa shape index (κ2) is 6.29. The molecule has 1 aromatic carbocycles. The molecule has 0 spiro atoms. The molecule has 106 valence electrons. The van der Waals surface area contributed by atoms with Gasteiger partial charge in [-0.15, -0.1) is 0 Å². The van der Waals surface area contributed by atoms with Gasteiger partial charge in [0.15, 0.2) is 0 Å². The van der Waals surface area contributed by atoms with Gasteiger partial charge in [0.25, 0.3) is 0 Å². The van der Waals surface area contributed by atoms with Gasteiger partial charge < -0.3 is 15.4 Å². The summed E-state index contributed by atoms with van der Waals surface area (Å²) < 4.78 is 5.48. The third-order valence-electron chi connectivity index (χ3n) is 4.14. The summed E-state index contributed by atoms with van der Waals surface area (Å²) >= 11 is 0. The molecular formula is C16H26N2O. The molecular weight excluding hydrogens is 236 g/mol. The van der Waals surface area contributed by atoms with Gasteiger partial charge in [-0.1, -0.05) is 12.5 Å². The molecule has 3 nitrogen and oxygen atoms in total. The van der Waals surface area contributed by atoms with Crippen molar-refractivity contribution in [2.45, 2.75) is 39.2 Å². The zero-order valence-electron chi connectivity index (χ0n) is 12.4. The Balaban J connectivity index is 2.29. The lowest BCUT2D eigenvalue weighted by molar-refractivity contribution is 0.318. The van der Waals surface area contributed by atoms with Crippen LogP contribution in [0.1, 0.15) is 44.7 Å². The van der Waals surface area contributed by atoms with Gasteiger partial charge in [-0.3, -0.25) is 0 Å². The molecule has 0 saturated heterocycles. The van der Waals surface area contributed by atoms with Crippen molar-refractivity contribution in [3.8, 4) is 5.75 Å². The number of hydrogen-bond acceptors (Lipinski definition) is 3. The van der Waals surface area contributed by atoms with Crippen molar-refractivity contribution in [3.63, 3.8) is 0 Å². The largest absolute Gasteiger partial charge is 0.496 e. The van der Waals surface area contributed by atoms with Gasteiger partial charge in [-0.2, -0.15) is 0 Å². The predicted octanol–water partition coefficient (Wildman–Crippen LogP) is 3.34. The molecule has 0 aromatic heterocycles. The van der Waals surface area contributed by atoms with Gasteiger partial charge >= 0.3 is 0 Å². The third-order valence-corrected chi connectivity index (χ3v) is 4.14. The van der Waals surface area contributed by atoms with E-state index in [4.69, 9.17) is 10.5 Å². The molecule has 1 aliphatic rings. The van der Waals surface area contributed by atoms with Crippen LogP contribution in [0.15, 0.2) is 18.2 Å². The number of hydrogen-bond donors (Lipinski definition) is 1. The van der Waals surface area contributed by atoms with Gasteiger partial charge in [0.1, 0.15) is 5.75 Å². The van der Waals surface area contributed by atoms with Crippen molar-refractivity contribution in [3.05, 3.63) is 23.8 Å². The molecule has 0 unspecified atom stereocenters. The zero-order chi connectivity index (χ0) is 13.8. The molecule has 1 aromatic rings. The van der Waals surface area contributed by atoms with Crippen LogP contribution in [0.4, 0.5) is 5.69 Å². The summed E-state index contributed by atoms with van der Waals surface area (Å²) in [6.45, 7) is 6.40. The second-order valence-electron chi connectivity index (χ2n) is 5.52. The fraction of sp³-hybridized carbons (Fsp3) is 0.625. The van der Waals surface area contributed by atoms with Crippen LogP contribution in [0, 0.1) is 5.92 Å². The third kappa shape index (κ3) is 3.03. The van der Waals surface area contributed by atoms with Crippen LogP contribution in [0.2, 0.25) is 0 Å². The van der Waals surface area contributed by atoms with Crippen LogP contribution in [-0.2, 0) is 0 Å². The Kier molecular flexibility index (Phi) is 4.70. The molecule has 0 heterocycles. The van der Waals surface area contributed by atoms with Gasteiger partial charge in [0, 0.05) is 30.4 Å². The zero-order valence-corrected chi connectivity index (χ0v) is 12.4. The van der Waals surface area contributed by atoms with Crippen LogP contribution in [0.3, 0.4) is 0 Å². The fourth-order valence-corrected chi connectivity index (χ4v) is 2.83. The van der Waals surface area contributed by atoms with Crippen molar-refractivity contribution < 1.29 is 4.74 Å². The molecule has 1 fully saturated rings. The number of ether oxygens (including phenoxy) is 1. The number of benzene rings is 1. The van der Waals surface area contributed by atoms with Crippen molar-refractivity contribution in [2.75, 3.05) is 25.1 Å². The summed E-state index contributed by atoms with van der Waals surface area (Å²) in [5.41, 5.74) is 8.52. The number of nitrogens with zero attached hydrogens (tertiary/aromatic N) is 1. The van der Waals surface area contributed by atoms with E-state index in [1.54, 1.807) is 7.11 Å². The van der Waals surface area contributed by atoms with Crippen LogP contribution >= 0.6 is 0 Å². The fourth-order valence-electron chi connectivity index (χ4n) is 2.83. The first-order valence-electron chi connectivity index (χ1n) is 7.34. The van der Waals surface area contributed by atoms with Crippen molar-refractivity contribution in [1.82, 2.24) is 0 Å². The SMILES string of the molecule is CCN(CC1CCC1)c1cccc(OC)c1[C@H](C)N. The van der Waals surface area contributed by atoms with E-state index >= 15 is 0 Å². The highest BCUT2D eigenvalue weighted by molar-refractivity contribution is 5.60. The Hall–Kier alpha value is -1.22. The van der Waals surface area contributed by atoms with E-state index in [0.29, 0.717) is 0 Å². The summed E-state index contributed by atoms with van der Waals surface area (Å²) in [5, 5.41) is 0. The van der Waals surface area contributed by atoms with E-state index < -0.39 is 0 Å². The first kappa shape index (κ1) is 14.2. The maximum absolute atomic E-state index is 6.15. The van der Waals surface area contributed by atoms with Crippen LogP contribution < -0.4 is 15.4 Å². The van der Waals surface area contributed by atoms with E-state index in [2.05, 4.69) is 24.0 Å². The molecule has 2 rings (SSSR count). The van der Waals surface area contributed by atoms with Crippen molar-refractivity contribution >= 4 is 5.69 Å².